The highest BCUT2D eigenvalue weighted by Gasteiger charge is 2.16. The lowest BCUT2D eigenvalue weighted by Crippen LogP contribution is -2.36. The van der Waals surface area contributed by atoms with E-state index >= 15 is 0 Å². The lowest BCUT2D eigenvalue weighted by atomic mass is 10.2. The number of carbonyl (C=O) groups excluding carboxylic acids is 1. The van der Waals surface area contributed by atoms with Gasteiger partial charge in [0.05, 0.1) is 6.54 Å². The SMILES string of the molecule is O=C(CNS(=O)(=O)c1cccs1)NCc1cc(F)cc(Br)c1. The Kier molecular flexibility index (Phi) is 5.68. The minimum atomic E-state index is -3.67. The number of nitrogens with one attached hydrogen (secondary N) is 2. The number of hydrogen-bond donors (Lipinski definition) is 2. The minimum absolute atomic E-state index is 0.107. The molecule has 0 bridgehead atoms. The number of rotatable bonds is 6. The summed E-state index contributed by atoms with van der Waals surface area (Å²) in [6.07, 6.45) is 0. The summed E-state index contributed by atoms with van der Waals surface area (Å²) in [5.74, 6) is -0.919. The Morgan fingerprint density at radius 2 is 2.09 bits per heavy atom. The van der Waals surface area contributed by atoms with Gasteiger partial charge in [-0.15, -0.1) is 11.3 Å². The maximum atomic E-state index is 13.2. The Bertz CT molecular complexity index is 743. The molecule has 2 N–H and O–H groups in total. The van der Waals surface area contributed by atoms with Crippen molar-refractivity contribution in [2.24, 2.45) is 0 Å². The lowest BCUT2D eigenvalue weighted by molar-refractivity contribution is -0.120. The summed E-state index contributed by atoms with van der Waals surface area (Å²) in [7, 11) is -3.67. The number of hydrogen-bond acceptors (Lipinski definition) is 4. The van der Waals surface area contributed by atoms with E-state index in [2.05, 4.69) is 26.0 Å². The molecule has 0 fully saturated rings. The van der Waals surface area contributed by atoms with Crippen molar-refractivity contribution in [2.45, 2.75) is 10.8 Å². The number of carbonyl (C=O) groups is 1. The van der Waals surface area contributed by atoms with Gasteiger partial charge in [-0.3, -0.25) is 4.79 Å². The molecule has 0 atom stereocenters. The fourth-order valence-corrected chi connectivity index (χ4v) is 4.16. The van der Waals surface area contributed by atoms with E-state index in [1.807, 2.05) is 0 Å². The first-order valence-corrected chi connectivity index (χ1v) is 9.27. The largest absolute Gasteiger partial charge is 0.351 e. The van der Waals surface area contributed by atoms with Gasteiger partial charge in [-0.1, -0.05) is 22.0 Å². The van der Waals surface area contributed by atoms with E-state index in [1.165, 1.54) is 18.2 Å². The van der Waals surface area contributed by atoms with Crippen molar-refractivity contribution in [1.29, 1.82) is 0 Å². The molecule has 0 saturated carbocycles. The molecule has 1 heterocycles. The Balaban J connectivity index is 1.86. The maximum Gasteiger partial charge on any atom is 0.250 e. The Labute approximate surface area is 139 Å². The second-order valence-corrected chi connectivity index (χ2v) is 8.17. The predicted molar refractivity (Wildman–Crippen MR) is 85.5 cm³/mol. The molecular weight excluding hydrogens is 395 g/mol. The molecule has 2 aromatic rings. The Hall–Kier alpha value is -1.29. The number of halogens is 2. The van der Waals surface area contributed by atoms with E-state index in [4.69, 9.17) is 0 Å². The molecule has 0 aliphatic heterocycles. The lowest BCUT2D eigenvalue weighted by Gasteiger charge is -2.07. The Morgan fingerprint density at radius 1 is 1.32 bits per heavy atom. The highest BCUT2D eigenvalue weighted by Crippen LogP contribution is 2.15. The average molecular weight is 407 g/mol. The van der Waals surface area contributed by atoms with Crippen LogP contribution in [0.4, 0.5) is 4.39 Å². The summed E-state index contributed by atoms with van der Waals surface area (Å²) >= 11 is 4.22. The summed E-state index contributed by atoms with van der Waals surface area (Å²) in [6.45, 7) is -0.271. The number of benzene rings is 1. The van der Waals surface area contributed by atoms with E-state index in [1.54, 1.807) is 17.5 Å². The molecule has 9 heteroatoms. The van der Waals surface area contributed by atoms with Crippen molar-refractivity contribution in [3.63, 3.8) is 0 Å². The van der Waals surface area contributed by atoms with Gasteiger partial charge in [0.15, 0.2) is 0 Å². The van der Waals surface area contributed by atoms with E-state index in [0.717, 1.165) is 11.3 Å². The second-order valence-electron chi connectivity index (χ2n) is 4.31. The minimum Gasteiger partial charge on any atom is -0.351 e. The van der Waals surface area contributed by atoms with Gasteiger partial charge in [0, 0.05) is 11.0 Å². The summed E-state index contributed by atoms with van der Waals surface area (Å²) in [6, 6.07) is 7.33. The van der Waals surface area contributed by atoms with Gasteiger partial charge in [0.1, 0.15) is 10.0 Å². The fourth-order valence-electron chi connectivity index (χ4n) is 1.62. The zero-order valence-corrected chi connectivity index (χ0v) is 14.4. The van der Waals surface area contributed by atoms with Gasteiger partial charge in [0.25, 0.3) is 10.0 Å². The molecule has 5 nitrogen and oxygen atoms in total. The van der Waals surface area contributed by atoms with Crippen molar-refractivity contribution in [2.75, 3.05) is 6.54 Å². The van der Waals surface area contributed by atoms with Crippen LogP contribution in [-0.2, 0) is 21.4 Å². The highest BCUT2D eigenvalue weighted by molar-refractivity contribution is 9.10. The standard InChI is InChI=1S/C13H12BrFN2O3S2/c14-10-4-9(5-11(15)6-10)7-16-12(18)8-17-22(19,20)13-2-1-3-21-13/h1-6,17H,7-8H2,(H,16,18). The molecule has 118 valence electrons. The molecule has 22 heavy (non-hydrogen) atoms. The summed E-state index contributed by atoms with van der Waals surface area (Å²) in [5, 5.41) is 4.16. The van der Waals surface area contributed by atoms with Gasteiger partial charge in [-0.2, -0.15) is 0 Å². The summed E-state index contributed by atoms with van der Waals surface area (Å²) in [4.78, 5) is 11.7. The van der Waals surface area contributed by atoms with Crippen LogP contribution in [0, 0.1) is 5.82 Å². The molecule has 1 aromatic carbocycles. The molecule has 1 amide bonds. The third kappa shape index (κ3) is 4.87. The van der Waals surface area contributed by atoms with Crippen LogP contribution in [-0.4, -0.2) is 20.9 Å². The molecule has 1 aromatic heterocycles. The van der Waals surface area contributed by atoms with Crippen LogP contribution in [0.15, 0.2) is 44.4 Å². The van der Waals surface area contributed by atoms with Crippen LogP contribution in [0.2, 0.25) is 0 Å². The first-order chi connectivity index (χ1) is 10.4. The molecule has 0 aliphatic carbocycles. The van der Waals surface area contributed by atoms with Crippen molar-refractivity contribution in [1.82, 2.24) is 10.0 Å². The fraction of sp³-hybridized carbons (Fsp3) is 0.154. The molecule has 0 saturated heterocycles. The third-order valence-electron chi connectivity index (χ3n) is 2.59. The van der Waals surface area contributed by atoms with Crippen molar-refractivity contribution in [3.05, 3.63) is 51.6 Å². The average Bonchev–Trinajstić information content (AvgIpc) is 2.97. The molecule has 0 spiro atoms. The smallest absolute Gasteiger partial charge is 0.250 e. The first kappa shape index (κ1) is 17.1. The third-order valence-corrected chi connectivity index (χ3v) is 5.85. The van der Waals surface area contributed by atoms with Crippen LogP contribution in [0.3, 0.4) is 0 Å². The van der Waals surface area contributed by atoms with Crippen molar-refractivity contribution >= 4 is 43.2 Å². The quantitative estimate of drug-likeness (QED) is 0.772. The van der Waals surface area contributed by atoms with Crippen LogP contribution >= 0.6 is 27.3 Å². The molecule has 2 rings (SSSR count). The zero-order valence-electron chi connectivity index (χ0n) is 11.2. The first-order valence-electron chi connectivity index (χ1n) is 6.12. The molecule has 0 aliphatic rings. The van der Waals surface area contributed by atoms with Crippen molar-refractivity contribution in [3.8, 4) is 0 Å². The predicted octanol–water partition coefficient (Wildman–Crippen LogP) is 2.24. The van der Waals surface area contributed by atoms with Gasteiger partial charge in [-0.25, -0.2) is 17.5 Å². The van der Waals surface area contributed by atoms with E-state index < -0.39 is 21.7 Å². The van der Waals surface area contributed by atoms with Gasteiger partial charge in [0.2, 0.25) is 5.91 Å². The number of thiophene rings is 1. The number of amides is 1. The van der Waals surface area contributed by atoms with Crippen LogP contribution in [0.25, 0.3) is 0 Å². The normalized spacial score (nSPS) is 11.4. The topological polar surface area (TPSA) is 75.3 Å². The maximum absolute atomic E-state index is 13.2. The van der Waals surface area contributed by atoms with E-state index in [9.17, 15) is 17.6 Å². The second kappa shape index (κ2) is 7.32. The van der Waals surface area contributed by atoms with Crippen LogP contribution < -0.4 is 10.0 Å². The molecule has 0 radical (unpaired) electrons. The van der Waals surface area contributed by atoms with Gasteiger partial charge in [-0.05, 0) is 35.2 Å². The molecular formula is C13H12BrFN2O3S2. The van der Waals surface area contributed by atoms with Gasteiger partial charge >= 0.3 is 0 Å². The van der Waals surface area contributed by atoms with Crippen LogP contribution in [0.5, 0.6) is 0 Å². The Morgan fingerprint density at radius 3 is 2.73 bits per heavy atom. The van der Waals surface area contributed by atoms with Gasteiger partial charge < -0.3 is 5.32 Å². The summed E-state index contributed by atoms with van der Waals surface area (Å²) < 4.78 is 39.8. The van der Waals surface area contributed by atoms with Crippen LogP contribution in [0.1, 0.15) is 5.56 Å². The monoisotopic (exact) mass is 406 g/mol. The van der Waals surface area contributed by atoms with E-state index in [0.29, 0.717) is 10.0 Å². The molecule has 0 unspecified atom stereocenters. The summed E-state index contributed by atoms with van der Waals surface area (Å²) in [5.41, 5.74) is 0.571. The number of sulfonamides is 1. The highest BCUT2D eigenvalue weighted by atomic mass is 79.9. The zero-order chi connectivity index (χ0) is 16.2. The van der Waals surface area contributed by atoms with E-state index in [-0.39, 0.29) is 17.3 Å². The van der Waals surface area contributed by atoms with Crippen molar-refractivity contribution < 1.29 is 17.6 Å².